The van der Waals surface area contributed by atoms with E-state index in [0.29, 0.717) is 54.5 Å². The summed E-state index contributed by atoms with van der Waals surface area (Å²) < 4.78 is 0. The summed E-state index contributed by atoms with van der Waals surface area (Å²) in [5.74, 6) is 1.68. The number of hydrogen-bond acceptors (Lipinski definition) is 10. The first kappa shape index (κ1) is 23.5. The van der Waals surface area contributed by atoms with Gasteiger partial charge in [-0.3, -0.25) is 9.59 Å². The Hall–Kier alpha value is -4.27. The molecule has 3 aromatic heterocycles. The maximum Gasteiger partial charge on any atom is 0.277 e. The number of nitriles is 1. The minimum absolute atomic E-state index is 0.0886. The van der Waals surface area contributed by atoms with Crippen LogP contribution in [0.3, 0.4) is 0 Å². The quantitative estimate of drug-likeness (QED) is 0.545. The van der Waals surface area contributed by atoms with Crippen molar-refractivity contribution in [1.29, 1.82) is 5.26 Å². The topological polar surface area (TPSA) is 147 Å². The number of pyridine rings is 1. The van der Waals surface area contributed by atoms with Gasteiger partial charge in [-0.2, -0.15) is 15.3 Å². The van der Waals surface area contributed by atoms with E-state index >= 15 is 0 Å². The van der Waals surface area contributed by atoms with Gasteiger partial charge in [0.2, 0.25) is 11.9 Å². The highest BCUT2D eigenvalue weighted by Gasteiger charge is 2.22. The molecule has 5 heterocycles. The van der Waals surface area contributed by atoms with Crippen LogP contribution in [-0.4, -0.2) is 75.2 Å². The minimum atomic E-state index is -0.356. The van der Waals surface area contributed by atoms with E-state index in [4.69, 9.17) is 10.2 Å². The smallest absolute Gasteiger partial charge is 0.277 e. The van der Waals surface area contributed by atoms with Gasteiger partial charge in [0.15, 0.2) is 0 Å². The Labute approximate surface area is 208 Å². The second-order valence-corrected chi connectivity index (χ2v) is 8.97. The highest BCUT2D eigenvalue weighted by atomic mass is 16.2. The predicted molar refractivity (Wildman–Crippen MR) is 135 cm³/mol. The fraction of sp³-hybridized carbons (Fsp3) is 0.458. The Morgan fingerprint density at radius 2 is 1.78 bits per heavy atom. The van der Waals surface area contributed by atoms with E-state index < -0.39 is 0 Å². The molecule has 5 rings (SSSR count). The summed E-state index contributed by atoms with van der Waals surface area (Å²) in [6.45, 7) is 4.18. The molecule has 0 spiro atoms. The van der Waals surface area contributed by atoms with E-state index in [0.717, 1.165) is 31.7 Å². The molecule has 186 valence electrons. The molecule has 0 saturated carbocycles. The summed E-state index contributed by atoms with van der Waals surface area (Å²) in [5.41, 5.74) is 0.828. The largest absolute Gasteiger partial charge is 0.353 e. The van der Waals surface area contributed by atoms with Crippen LogP contribution in [0, 0.1) is 11.3 Å². The fourth-order valence-electron chi connectivity index (χ4n) is 4.64. The summed E-state index contributed by atoms with van der Waals surface area (Å²) >= 11 is 0. The van der Waals surface area contributed by atoms with Gasteiger partial charge in [-0.25, -0.2) is 15.1 Å². The third-order valence-electron chi connectivity index (χ3n) is 6.59. The van der Waals surface area contributed by atoms with Gasteiger partial charge in [-0.1, -0.05) is 12.8 Å². The number of carbonyl (C=O) groups is 1. The molecule has 0 unspecified atom stereocenters. The molecular weight excluding hydrogens is 460 g/mol. The molecule has 2 aliphatic rings. The van der Waals surface area contributed by atoms with Crippen molar-refractivity contribution in [2.75, 3.05) is 54.4 Å². The van der Waals surface area contributed by atoms with E-state index in [-0.39, 0.29) is 17.9 Å². The number of carbonyl (C=O) groups excluding carboxylic acids is 1. The molecule has 1 amide bonds. The van der Waals surface area contributed by atoms with E-state index in [1.54, 1.807) is 17.3 Å². The van der Waals surface area contributed by atoms with Gasteiger partial charge >= 0.3 is 0 Å². The Morgan fingerprint density at radius 3 is 2.47 bits per heavy atom. The van der Waals surface area contributed by atoms with Gasteiger partial charge in [-0.05, 0) is 25.0 Å². The number of nitrogens with zero attached hydrogens (tertiary/aromatic N) is 8. The van der Waals surface area contributed by atoms with Crippen LogP contribution in [0.4, 0.5) is 23.3 Å². The molecule has 2 N–H and O–H groups in total. The van der Waals surface area contributed by atoms with Crippen LogP contribution in [-0.2, 0) is 4.79 Å². The molecule has 2 aliphatic heterocycles. The summed E-state index contributed by atoms with van der Waals surface area (Å²) in [6.07, 6.45) is 7.73. The molecule has 3 aromatic rings. The monoisotopic (exact) mass is 488 g/mol. The highest BCUT2D eigenvalue weighted by molar-refractivity contribution is 5.90. The zero-order valence-electron chi connectivity index (χ0n) is 20.0. The zero-order chi connectivity index (χ0) is 24.9. The predicted octanol–water partition coefficient (Wildman–Crippen LogP) is 1.79. The number of fused-ring (bicyclic) bond motifs is 1. The molecule has 0 aliphatic carbocycles. The van der Waals surface area contributed by atoms with Gasteiger partial charge < -0.3 is 20.0 Å². The second-order valence-electron chi connectivity index (χ2n) is 8.97. The number of hydrogen-bond donors (Lipinski definition) is 2. The molecule has 12 heteroatoms. The highest BCUT2D eigenvalue weighted by Crippen LogP contribution is 2.26. The molecule has 36 heavy (non-hydrogen) atoms. The van der Waals surface area contributed by atoms with Crippen LogP contribution in [0.5, 0.6) is 0 Å². The van der Waals surface area contributed by atoms with Gasteiger partial charge in [0.25, 0.3) is 5.56 Å². The van der Waals surface area contributed by atoms with Crippen molar-refractivity contribution in [3.63, 3.8) is 0 Å². The summed E-state index contributed by atoms with van der Waals surface area (Å²) in [4.78, 5) is 44.5. The fourth-order valence-corrected chi connectivity index (χ4v) is 4.64. The van der Waals surface area contributed by atoms with Crippen molar-refractivity contribution in [3.8, 4) is 6.07 Å². The van der Waals surface area contributed by atoms with Crippen molar-refractivity contribution >= 4 is 40.1 Å². The molecular formula is C24H28N10O2. The average molecular weight is 489 g/mol. The van der Waals surface area contributed by atoms with Crippen molar-refractivity contribution in [2.45, 2.75) is 32.1 Å². The molecule has 0 bridgehead atoms. The van der Waals surface area contributed by atoms with E-state index in [2.05, 4.69) is 35.3 Å². The van der Waals surface area contributed by atoms with Crippen molar-refractivity contribution < 1.29 is 4.79 Å². The lowest BCUT2D eigenvalue weighted by Gasteiger charge is -2.35. The number of piperazine rings is 1. The van der Waals surface area contributed by atoms with Gasteiger partial charge in [-0.15, -0.1) is 0 Å². The lowest BCUT2D eigenvalue weighted by molar-refractivity contribution is -0.130. The minimum Gasteiger partial charge on any atom is -0.353 e. The van der Waals surface area contributed by atoms with Crippen LogP contribution in [0.2, 0.25) is 0 Å². The number of aromatic amines is 1. The second kappa shape index (κ2) is 10.6. The average Bonchev–Trinajstić information content (AvgIpc) is 3.19. The van der Waals surface area contributed by atoms with Crippen LogP contribution in [0.15, 0.2) is 29.3 Å². The summed E-state index contributed by atoms with van der Waals surface area (Å²) in [6, 6.07) is 5.71. The van der Waals surface area contributed by atoms with Crippen LogP contribution in [0.25, 0.3) is 10.9 Å². The normalized spacial score (nSPS) is 16.5. The Kier molecular flexibility index (Phi) is 6.88. The molecule has 0 aromatic carbocycles. The number of anilines is 4. The zero-order valence-corrected chi connectivity index (χ0v) is 20.0. The molecule has 0 radical (unpaired) electrons. The third-order valence-corrected chi connectivity index (χ3v) is 6.59. The standard InChI is InChI=1S/C24H28N10O2/c25-8-7-20(35)33-13-11-32(12-14-33)19-6-5-17(15-26-19)28-22-21-18(16-27-31-23(21)36)29-24(30-22)34-9-3-1-2-4-10-34/h5-6,15-16H,1-4,7,9-14H2,(H,31,36)(H,28,29,30). The maximum atomic E-state index is 12.6. The van der Waals surface area contributed by atoms with Crippen LogP contribution < -0.4 is 20.7 Å². The SMILES string of the molecule is N#CCC(=O)N1CCN(c2ccc(Nc3nc(N4CCCCCC4)nc4cn[nH]c(=O)c34)cn2)CC1. The lowest BCUT2D eigenvalue weighted by atomic mass is 10.2. The molecule has 2 fully saturated rings. The Balaban J connectivity index is 1.35. The van der Waals surface area contributed by atoms with Crippen LogP contribution in [0.1, 0.15) is 32.1 Å². The van der Waals surface area contributed by atoms with Crippen molar-refractivity contribution in [1.82, 2.24) is 30.0 Å². The first-order valence-electron chi connectivity index (χ1n) is 12.3. The van der Waals surface area contributed by atoms with E-state index in [1.807, 2.05) is 18.2 Å². The number of H-pyrrole nitrogens is 1. The van der Waals surface area contributed by atoms with Crippen LogP contribution >= 0.6 is 0 Å². The lowest BCUT2D eigenvalue weighted by Crippen LogP contribution is -2.48. The van der Waals surface area contributed by atoms with E-state index in [1.165, 1.54) is 12.8 Å². The summed E-state index contributed by atoms with van der Waals surface area (Å²) in [7, 11) is 0. The first-order valence-corrected chi connectivity index (χ1v) is 12.3. The number of nitrogens with one attached hydrogen (secondary N) is 2. The first-order chi connectivity index (χ1) is 17.6. The third kappa shape index (κ3) is 5.05. The Bertz CT molecular complexity index is 1320. The maximum absolute atomic E-state index is 12.6. The molecule has 2 saturated heterocycles. The van der Waals surface area contributed by atoms with Gasteiger partial charge in [0.05, 0.1) is 24.2 Å². The number of rotatable bonds is 5. The van der Waals surface area contributed by atoms with Gasteiger partial charge in [0, 0.05) is 39.3 Å². The number of aromatic nitrogens is 5. The summed E-state index contributed by atoms with van der Waals surface area (Å²) in [5, 5.41) is 18.7. The van der Waals surface area contributed by atoms with E-state index in [9.17, 15) is 9.59 Å². The molecule has 0 atom stereocenters. The molecule has 12 nitrogen and oxygen atoms in total. The van der Waals surface area contributed by atoms with Crippen molar-refractivity contribution in [3.05, 3.63) is 34.9 Å². The Morgan fingerprint density at radius 1 is 1.00 bits per heavy atom. The van der Waals surface area contributed by atoms with Gasteiger partial charge in [0.1, 0.15) is 29.0 Å². The number of amides is 1. The van der Waals surface area contributed by atoms with Crippen molar-refractivity contribution in [2.24, 2.45) is 0 Å².